The van der Waals surface area contributed by atoms with Crippen molar-refractivity contribution in [2.75, 3.05) is 5.73 Å². The third-order valence-corrected chi connectivity index (χ3v) is 2.27. The summed E-state index contributed by atoms with van der Waals surface area (Å²) in [6.45, 7) is 1.84. The second-order valence-corrected chi connectivity index (χ2v) is 3.44. The maximum Gasteiger partial charge on any atom is 0.125 e. The van der Waals surface area contributed by atoms with Crippen molar-refractivity contribution >= 4 is 16.3 Å². The lowest BCUT2D eigenvalue weighted by Gasteiger charge is -1.97. The number of nitrogen functional groups attached to an aromatic ring is 1. The molecule has 0 saturated heterocycles. The summed E-state index contributed by atoms with van der Waals surface area (Å²) in [6, 6.07) is 1.80. The van der Waals surface area contributed by atoms with E-state index in [1.165, 1.54) is 11.3 Å². The van der Waals surface area contributed by atoms with Crippen LogP contribution in [0, 0.1) is 6.92 Å². The fourth-order valence-corrected chi connectivity index (χ4v) is 1.58. The average Bonchev–Trinajstić information content (AvgIpc) is 2.51. The highest BCUT2D eigenvalue weighted by atomic mass is 32.1. The molecule has 0 aliphatic carbocycles. The van der Waals surface area contributed by atoms with Gasteiger partial charge in [-0.25, -0.2) is 15.0 Å². The molecule has 0 bridgehead atoms. The van der Waals surface area contributed by atoms with Crippen molar-refractivity contribution in [1.82, 2.24) is 15.0 Å². The topological polar surface area (TPSA) is 64.7 Å². The van der Waals surface area contributed by atoms with E-state index in [9.17, 15) is 0 Å². The summed E-state index contributed by atoms with van der Waals surface area (Å²) in [5.41, 5.74) is 8.96. The number of aryl methyl sites for hydroxylation is 1. The van der Waals surface area contributed by atoms with Gasteiger partial charge in [-0.3, -0.25) is 0 Å². The molecule has 0 spiro atoms. The van der Waals surface area contributed by atoms with Gasteiger partial charge >= 0.3 is 0 Å². The van der Waals surface area contributed by atoms with Crippen LogP contribution in [-0.2, 0) is 0 Å². The summed E-state index contributed by atoms with van der Waals surface area (Å²) in [5.74, 6) is 0.727. The van der Waals surface area contributed by atoms with E-state index in [-0.39, 0.29) is 0 Å². The van der Waals surface area contributed by atoms with Gasteiger partial charge in [-0.2, -0.15) is 0 Å². The molecule has 2 aromatic heterocycles. The summed E-state index contributed by atoms with van der Waals surface area (Å²) in [7, 11) is 0. The Balaban J connectivity index is 2.53. The van der Waals surface area contributed by atoms with Crippen LogP contribution in [-0.4, -0.2) is 15.0 Å². The first-order valence-electron chi connectivity index (χ1n) is 3.76. The van der Waals surface area contributed by atoms with Gasteiger partial charge in [0.25, 0.3) is 0 Å². The fraction of sp³-hybridized carbons (Fsp3) is 0.125. The van der Waals surface area contributed by atoms with Crippen molar-refractivity contribution in [3.63, 3.8) is 0 Å². The van der Waals surface area contributed by atoms with E-state index in [0.717, 1.165) is 17.2 Å². The predicted octanol–water partition coefficient (Wildman–Crippen LogP) is 1.49. The fourth-order valence-electron chi connectivity index (χ4n) is 1.04. The van der Waals surface area contributed by atoms with Crippen molar-refractivity contribution in [2.45, 2.75) is 6.92 Å². The lowest BCUT2D eigenvalue weighted by atomic mass is 10.3. The molecular formula is C8H8N4S. The van der Waals surface area contributed by atoms with Gasteiger partial charge in [-0.15, -0.1) is 11.3 Å². The molecule has 2 heterocycles. The Labute approximate surface area is 79.5 Å². The quantitative estimate of drug-likeness (QED) is 0.743. The summed E-state index contributed by atoms with van der Waals surface area (Å²) in [6.07, 6.45) is 1.70. The van der Waals surface area contributed by atoms with Gasteiger partial charge in [0.1, 0.15) is 16.5 Å². The average molecular weight is 192 g/mol. The number of nitrogens with zero attached hydrogens (tertiary/aromatic N) is 3. The van der Waals surface area contributed by atoms with E-state index in [1.807, 2.05) is 6.92 Å². The molecule has 13 heavy (non-hydrogen) atoms. The Morgan fingerprint density at radius 1 is 1.38 bits per heavy atom. The molecule has 4 nitrogen and oxygen atoms in total. The zero-order chi connectivity index (χ0) is 9.26. The number of nitrogens with two attached hydrogens (primary N) is 1. The van der Waals surface area contributed by atoms with Crippen LogP contribution in [0.5, 0.6) is 0 Å². The highest BCUT2D eigenvalue weighted by Gasteiger charge is 2.06. The van der Waals surface area contributed by atoms with Crippen LogP contribution >= 0.6 is 11.3 Å². The van der Waals surface area contributed by atoms with Crippen LogP contribution in [0.25, 0.3) is 11.4 Å². The molecular weight excluding hydrogens is 184 g/mol. The first kappa shape index (κ1) is 8.12. The van der Waals surface area contributed by atoms with E-state index in [2.05, 4.69) is 15.0 Å². The first-order chi connectivity index (χ1) is 6.27. The lowest BCUT2D eigenvalue weighted by Crippen LogP contribution is -1.92. The smallest absolute Gasteiger partial charge is 0.125 e. The van der Waals surface area contributed by atoms with E-state index in [1.54, 1.807) is 17.8 Å². The number of aromatic nitrogens is 3. The van der Waals surface area contributed by atoms with Crippen LogP contribution in [0.15, 0.2) is 17.8 Å². The van der Waals surface area contributed by atoms with Crippen molar-refractivity contribution in [3.05, 3.63) is 23.6 Å². The molecule has 0 amide bonds. The third kappa shape index (κ3) is 1.50. The Bertz CT molecular complexity index is 424. The lowest BCUT2D eigenvalue weighted by molar-refractivity contribution is 1.05. The third-order valence-electron chi connectivity index (χ3n) is 1.61. The minimum absolute atomic E-state index is 0.693. The molecule has 66 valence electrons. The molecule has 0 aliphatic heterocycles. The SMILES string of the molecule is Cc1nccc(-c2ncsc2N)n1. The molecule has 2 aromatic rings. The van der Waals surface area contributed by atoms with Gasteiger partial charge in [0, 0.05) is 6.20 Å². The molecule has 0 aliphatic rings. The molecule has 0 unspecified atom stereocenters. The summed E-state index contributed by atoms with van der Waals surface area (Å²) >= 11 is 1.41. The Hall–Kier alpha value is -1.49. The van der Waals surface area contributed by atoms with Crippen molar-refractivity contribution in [2.24, 2.45) is 0 Å². The van der Waals surface area contributed by atoms with Gasteiger partial charge in [-0.1, -0.05) is 0 Å². The van der Waals surface area contributed by atoms with Gasteiger partial charge in [0.2, 0.25) is 0 Å². The molecule has 2 N–H and O–H groups in total. The predicted molar refractivity (Wildman–Crippen MR) is 52.3 cm³/mol. The summed E-state index contributed by atoms with van der Waals surface area (Å²) < 4.78 is 0. The first-order valence-corrected chi connectivity index (χ1v) is 4.64. The van der Waals surface area contributed by atoms with Crippen molar-refractivity contribution in [3.8, 4) is 11.4 Å². The van der Waals surface area contributed by atoms with Gasteiger partial charge in [-0.05, 0) is 13.0 Å². The van der Waals surface area contributed by atoms with Gasteiger partial charge < -0.3 is 5.73 Å². The van der Waals surface area contributed by atoms with E-state index >= 15 is 0 Å². The van der Waals surface area contributed by atoms with Crippen LogP contribution in [0.2, 0.25) is 0 Å². The number of rotatable bonds is 1. The monoisotopic (exact) mass is 192 g/mol. The molecule has 2 rings (SSSR count). The second-order valence-electron chi connectivity index (χ2n) is 2.55. The number of hydrogen-bond acceptors (Lipinski definition) is 5. The maximum atomic E-state index is 5.72. The molecule has 0 aromatic carbocycles. The van der Waals surface area contributed by atoms with E-state index in [4.69, 9.17) is 5.73 Å². The highest BCUT2D eigenvalue weighted by Crippen LogP contribution is 2.25. The van der Waals surface area contributed by atoms with Gasteiger partial charge in [0.05, 0.1) is 11.2 Å². The Kier molecular flexibility index (Phi) is 1.94. The molecule has 5 heteroatoms. The minimum Gasteiger partial charge on any atom is -0.389 e. The highest BCUT2D eigenvalue weighted by molar-refractivity contribution is 7.14. The normalized spacial score (nSPS) is 10.2. The van der Waals surface area contributed by atoms with E-state index < -0.39 is 0 Å². The van der Waals surface area contributed by atoms with Crippen LogP contribution < -0.4 is 5.73 Å². The zero-order valence-corrected chi connectivity index (χ0v) is 7.88. The van der Waals surface area contributed by atoms with Gasteiger partial charge in [0.15, 0.2) is 0 Å². The number of hydrogen-bond donors (Lipinski definition) is 1. The maximum absolute atomic E-state index is 5.72. The van der Waals surface area contributed by atoms with Crippen LogP contribution in [0.1, 0.15) is 5.82 Å². The molecule has 0 atom stereocenters. The second kappa shape index (κ2) is 3.10. The Morgan fingerprint density at radius 2 is 2.23 bits per heavy atom. The standard InChI is InChI=1S/C8H8N4S/c1-5-10-3-2-6(12-5)7-8(9)13-4-11-7/h2-4H,9H2,1H3. The number of thiazole rings is 1. The Morgan fingerprint density at radius 3 is 2.85 bits per heavy atom. The van der Waals surface area contributed by atoms with Crippen LogP contribution in [0.4, 0.5) is 5.00 Å². The van der Waals surface area contributed by atoms with Crippen molar-refractivity contribution < 1.29 is 0 Å². The van der Waals surface area contributed by atoms with Crippen molar-refractivity contribution in [1.29, 1.82) is 0 Å². The molecule has 0 saturated carbocycles. The number of anilines is 1. The molecule has 0 fully saturated rings. The van der Waals surface area contributed by atoms with E-state index in [0.29, 0.717) is 5.00 Å². The van der Waals surface area contributed by atoms with Crippen LogP contribution in [0.3, 0.4) is 0 Å². The largest absolute Gasteiger partial charge is 0.389 e. The zero-order valence-electron chi connectivity index (χ0n) is 7.06. The summed E-state index contributed by atoms with van der Waals surface area (Å²) in [5, 5.41) is 0.693. The minimum atomic E-state index is 0.693. The molecule has 0 radical (unpaired) electrons. The summed E-state index contributed by atoms with van der Waals surface area (Å²) in [4.78, 5) is 12.4.